The van der Waals surface area contributed by atoms with Gasteiger partial charge in [0.15, 0.2) is 0 Å². The van der Waals surface area contributed by atoms with E-state index < -0.39 is 17.9 Å². The Morgan fingerprint density at radius 2 is 1.77 bits per heavy atom. The summed E-state index contributed by atoms with van der Waals surface area (Å²) in [5, 5.41) is 16.5. The molecular formula is C23H22N4O4. The predicted octanol–water partition coefficient (Wildman–Crippen LogP) is 1.65. The number of aliphatic carboxylic acids is 1. The fourth-order valence-electron chi connectivity index (χ4n) is 3.29. The highest BCUT2D eigenvalue weighted by Gasteiger charge is 2.33. The molecule has 4 N–H and O–H groups in total. The molecule has 0 aromatic heterocycles. The van der Waals surface area contributed by atoms with Crippen molar-refractivity contribution in [2.24, 2.45) is 5.73 Å². The highest BCUT2D eigenvalue weighted by molar-refractivity contribution is 6.09. The Morgan fingerprint density at radius 1 is 1.16 bits per heavy atom. The fraction of sp³-hybridized carbons (Fsp3) is 0.217. The van der Waals surface area contributed by atoms with Crippen molar-refractivity contribution in [1.29, 1.82) is 5.41 Å². The Labute approximate surface area is 179 Å². The maximum absolute atomic E-state index is 13.2. The van der Waals surface area contributed by atoms with Crippen LogP contribution < -0.4 is 10.6 Å². The number of hydrogen-bond donors (Lipinski definition) is 3. The average molecular weight is 418 g/mol. The number of carboxylic acid groups (broad SMARTS) is 1. The number of amides is 2. The van der Waals surface area contributed by atoms with Gasteiger partial charge in [0.25, 0.3) is 5.91 Å². The lowest BCUT2D eigenvalue weighted by molar-refractivity contribution is -0.138. The molecule has 8 heteroatoms. The van der Waals surface area contributed by atoms with Gasteiger partial charge in [-0.2, -0.15) is 0 Å². The molecule has 1 aliphatic rings. The number of rotatable bonds is 4. The van der Waals surface area contributed by atoms with Gasteiger partial charge in [-0.05, 0) is 37.3 Å². The van der Waals surface area contributed by atoms with Crippen molar-refractivity contribution in [2.75, 3.05) is 18.5 Å². The van der Waals surface area contributed by atoms with Crippen LogP contribution in [0.5, 0.6) is 0 Å². The molecule has 31 heavy (non-hydrogen) atoms. The van der Waals surface area contributed by atoms with Gasteiger partial charge in [-0.15, -0.1) is 0 Å². The van der Waals surface area contributed by atoms with Crippen molar-refractivity contribution >= 4 is 29.3 Å². The number of carbonyl (C=O) groups is 3. The molecule has 8 nitrogen and oxygen atoms in total. The van der Waals surface area contributed by atoms with Crippen LogP contribution in [0.3, 0.4) is 0 Å². The van der Waals surface area contributed by atoms with E-state index in [1.165, 1.54) is 9.80 Å². The number of benzene rings is 2. The van der Waals surface area contributed by atoms with Crippen molar-refractivity contribution in [3.63, 3.8) is 0 Å². The van der Waals surface area contributed by atoms with E-state index in [1.807, 2.05) is 0 Å². The van der Waals surface area contributed by atoms with E-state index in [4.69, 9.17) is 16.2 Å². The first-order valence-corrected chi connectivity index (χ1v) is 9.57. The van der Waals surface area contributed by atoms with Crippen LogP contribution in [0.25, 0.3) is 0 Å². The number of amidine groups is 1. The Morgan fingerprint density at radius 3 is 2.39 bits per heavy atom. The smallest absolute Gasteiger partial charge is 0.305 e. The van der Waals surface area contributed by atoms with Crippen molar-refractivity contribution in [1.82, 2.24) is 4.90 Å². The predicted molar refractivity (Wildman–Crippen MR) is 116 cm³/mol. The second kappa shape index (κ2) is 8.71. The molecule has 0 fully saturated rings. The maximum atomic E-state index is 13.2. The molecule has 0 saturated heterocycles. The molecule has 1 aliphatic heterocycles. The number of nitrogens with one attached hydrogen (secondary N) is 1. The van der Waals surface area contributed by atoms with E-state index in [9.17, 15) is 14.4 Å². The van der Waals surface area contributed by atoms with Gasteiger partial charge < -0.3 is 20.6 Å². The van der Waals surface area contributed by atoms with Crippen molar-refractivity contribution in [2.45, 2.75) is 19.4 Å². The normalized spacial score (nSPS) is 14.3. The Kier molecular flexibility index (Phi) is 6.07. The van der Waals surface area contributed by atoms with Gasteiger partial charge in [-0.1, -0.05) is 24.0 Å². The number of nitrogens with two attached hydrogens (primary N) is 1. The standard InChI is InChI=1S/C23H22N4O4/c1-14(11-21(29)30)27-13-20(28)26(2)19-10-7-16(12-18(19)23(27)31)4-3-15-5-8-17(9-6-15)22(24)25/h5-10,12,14H,11,13H2,1-2H3,(H3,24,25)(H,29,30)/t14-/m0/s1. The SMILES string of the molecule is C[C@@H](CC(=O)O)N1CC(=O)N(C)c2ccc(C#Cc3ccc(C(=N)N)cc3)cc2C1=O. The molecule has 0 aliphatic carbocycles. The lowest BCUT2D eigenvalue weighted by Gasteiger charge is -2.26. The van der Waals surface area contributed by atoms with E-state index in [0.29, 0.717) is 22.4 Å². The minimum atomic E-state index is -1.04. The highest BCUT2D eigenvalue weighted by Crippen LogP contribution is 2.27. The maximum Gasteiger partial charge on any atom is 0.305 e. The zero-order valence-electron chi connectivity index (χ0n) is 17.2. The lowest BCUT2D eigenvalue weighted by Crippen LogP contribution is -2.43. The van der Waals surface area contributed by atoms with Crippen LogP contribution in [0.2, 0.25) is 0 Å². The quantitative estimate of drug-likeness (QED) is 0.395. The van der Waals surface area contributed by atoms with Crippen molar-refractivity contribution in [3.8, 4) is 11.8 Å². The summed E-state index contributed by atoms with van der Waals surface area (Å²) in [4.78, 5) is 39.5. The van der Waals surface area contributed by atoms with Crippen LogP contribution in [0.4, 0.5) is 5.69 Å². The summed E-state index contributed by atoms with van der Waals surface area (Å²) in [5.41, 5.74) is 8.10. The summed E-state index contributed by atoms with van der Waals surface area (Å²) in [6, 6.07) is 11.3. The van der Waals surface area contributed by atoms with Crippen molar-refractivity contribution < 1.29 is 19.5 Å². The molecule has 3 rings (SSSR count). The van der Waals surface area contributed by atoms with E-state index in [1.54, 1.807) is 56.4 Å². The monoisotopic (exact) mass is 418 g/mol. The van der Waals surface area contributed by atoms with E-state index in [-0.39, 0.29) is 24.7 Å². The van der Waals surface area contributed by atoms with E-state index in [2.05, 4.69) is 11.8 Å². The molecule has 2 aromatic carbocycles. The molecule has 1 heterocycles. The third kappa shape index (κ3) is 4.73. The van der Waals surface area contributed by atoms with E-state index >= 15 is 0 Å². The molecule has 1 atom stereocenters. The molecule has 0 bridgehead atoms. The first-order chi connectivity index (χ1) is 14.7. The van der Waals surface area contributed by atoms with Gasteiger partial charge in [0.05, 0.1) is 17.7 Å². The minimum absolute atomic E-state index is 0.0240. The third-order valence-electron chi connectivity index (χ3n) is 5.08. The Balaban J connectivity index is 1.95. The Hall–Kier alpha value is -4.12. The zero-order valence-corrected chi connectivity index (χ0v) is 17.2. The van der Waals surface area contributed by atoms with Crippen LogP contribution in [0.15, 0.2) is 42.5 Å². The largest absolute Gasteiger partial charge is 0.481 e. The van der Waals surface area contributed by atoms with Gasteiger partial charge >= 0.3 is 5.97 Å². The summed E-state index contributed by atoms with van der Waals surface area (Å²) in [6.07, 6.45) is -0.256. The molecule has 2 amide bonds. The summed E-state index contributed by atoms with van der Waals surface area (Å²) < 4.78 is 0. The van der Waals surface area contributed by atoms with Gasteiger partial charge in [0, 0.05) is 29.8 Å². The number of anilines is 1. The molecule has 2 aromatic rings. The molecular weight excluding hydrogens is 396 g/mol. The summed E-state index contributed by atoms with van der Waals surface area (Å²) >= 11 is 0. The third-order valence-corrected chi connectivity index (χ3v) is 5.08. The zero-order chi connectivity index (χ0) is 22.7. The molecule has 0 spiro atoms. The number of nitrogens with zero attached hydrogens (tertiary/aromatic N) is 2. The summed E-state index contributed by atoms with van der Waals surface area (Å²) in [7, 11) is 1.59. The Bertz CT molecular complexity index is 1130. The lowest BCUT2D eigenvalue weighted by atomic mass is 10.1. The van der Waals surface area contributed by atoms with Gasteiger partial charge in [0.2, 0.25) is 5.91 Å². The first kappa shape index (κ1) is 21.6. The van der Waals surface area contributed by atoms with Gasteiger partial charge in [0.1, 0.15) is 12.4 Å². The molecule has 158 valence electrons. The van der Waals surface area contributed by atoms with Gasteiger partial charge in [-0.3, -0.25) is 19.8 Å². The summed E-state index contributed by atoms with van der Waals surface area (Å²) in [5.74, 6) is 4.23. The highest BCUT2D eigenvalue weighted by atomic mass is 16.4. The molecule has 0 unspecified atom stereocenters. The van der Waals surface area contributed by atoms with Crippen molar-refractivity contribution in [3.05, 3.63) is 64.7 Å². The topological polar surface area (TPSA) is 128 Å². The fourth-order valence-corrected chi connectivity index (χ4v) is 3.29. The average Bonchev–Trinajstić information content (AvgIpc) is 2.82. The number of hydrogen-bond acceptors (Lipinski definition) is 4. The van der Waals surface area contributed by atoms with Crippen LogP contribution in [0.1, 0.15) is 40.4 Å². The number of carbonyl (C=O) groups excluding carboxylic acids is 2. The van der Waals surface area contributed by atoms with Crippen LogP contribution in [0, 0.1) is 17.3 Å². The van der Waals surface area contributed by atoms with Crippen LogP contribution in [-0.4, -0.2) is 53.3 Å². The molecule has 0 radical (unpaired) electrons. The molecule has 0 saturated carbocycles. The van der Waals surface area contributed by atoms with Crippen LogP contribution in [-0.2, 0) is 9.59 Å². The van der Waals surface area contributed by atoms with Gasteiger partial charge in [-0.25, -0.2) is 0 Å². The number of likely N-dealkylation sites (N-methyl/N-ethyl adjacent to an activating group) is 1. The number of nitrogen functional groups attached to an aromatic ring is 1. The second-order valence-corrected chi connectivity index (χ2v) is 7.31. The summed E-state index contributed by atoms with van der Waals surface area (Å²) in [6.45, 7) is 1.42. The number of fused-ring (bicyclic) bond motifs is 1. The van der Waals surface area contributed by atoms with E-state index in [0.717, 1.165) is 5.56 Å². The minimum Gasteiger partial charge on any atom is -0.481 e. The van der Waals surface area contributed by atoms with Crippen LogP contribution >= 0.6 is 0 Å². The number of carboxylic acids is 1. The first-order valence-electron chi connectivity index (χ1n) is 9.57. The second-order valence-electron chi connectivity index (χ2n) is 7.31.